The molecular weight excluding hydrogens is 446 g/mol. The van der Waals surface area contributed by atoms with Crippen LogP contribution in [0, 0.1) is 6.92 Å². The molecule has 0 N–H and O–H groups in total. The van der Waals surface area contributed by atoms with Crippen LogP contribution in [0.3, 0.4) is 0 Å². The summed E-state index contributed by atoms with van der Waals surface area (Å²) in [5, 5.41) is 1.58. The highest BCUT2D eigenvalue weighted by molar-refractivity contribution is 6.30. The standard InChI is InChI=1S/C29H28ClNO3/c1-20-4-13-25-26(28(29(32)34-27(25)18-20)22-7-9-23(30)10-8-22)19-21-5-11-24(12-6-21)33-17-16-31-14-2-3-15-31/h4-13,18H,2-3,14-17,19H2,1H3. The van der Waals surface area contributed by atoms with Crippen LogP contribution in [0.25, 0.3) is 22.1 Å². The quantitative estimate of drug-likeness (QED) is 0.288. The van der Waals surface area contributed by atoms with Gasteiger partial charge in [-0.15, -0.1) is 0 Å². The Balaban J connectivity index is 1.44. The molecule has 0 radical (unpaired) electrons. The number of benzene rings is 3. The highest BCUT2D eigenvalue weighted by Crippen LogP contribution is 2.31. The van der Waals surface area contributed by atoms with Crippen molar-refractivity contribution >= 4 is 22.6 Å². The van der Waals surface area contributed by atoms with E-state index in [0.29, 0.717) is 29.2 Å². The summed E-state index contributed by atoms with van der Waals surface area (Å²) in [6.45, 7) is 6.02. The molecule has 5 heteroatoms. The summed E-state index contributed by atoms with van der Waals surface area (Å²) in [6, 6.07) is 21.5. The number of likely N-dealkylation sites (tertiary alicyclic amines) is 1. The van der Waals surface area contributed by atoms with E-state index in [2.05, 4.69) is 23.1 Å². The molecule has 2 heterocycles. The molecule has 34 heavy (non-hydrogen) atoms. The Morgan fingerprint density at radius 1 is 0.971 bits per heavy atom. The number of hydrogen-bond donors (Lipinski definition) is 0. The summed E-state index contributed by atoms with van der Waals surface area (Å²) in [5.74, 6) is 0.869. The lowest BCUT2D eigenvalue weighted by molar-refractivity contribution is 0.238. The third kappa shape index (κ3) is 5.03. The van der Waals surface area contributed by atoms with E-state index in [4.69, 9.17) is 20.8 Å². The Morgan fingerprint density at radius 3 is 2.44 bits per heavy atom. The monoisotopic (exact) mass is 473 g/mol. The van der Waals surface area contributed by atoms with Gasteiger partial charge in [0.15, 0.2) is 0 Å². The molecule has 0 spiro atoms. The van der Waals surface area contributed by atoms with Crippen molar-refractivity contribution in [1.82, 2.24) is 4.90 Å². The van der Waals surface area contributed by atoms with Gasteiger partial charge in [0.2, 0.25) is 0 Å². The maximum absolute atomic E-state index is 13.1. The van der Waals surface area contributed by atoms with E-state index in [1.807, 2.05) is 43.3 Å². The summed E-state index contributed by atoms with van der Waals surface area (Å²) in [6.07, 6.45) is 3.19. The van der Waals surface area contributed by atoms with E-state index in [9.17, 15) is 4.79 Å². The second-order valence-electron chi connectivity index (χ2n) is 8.97. The molecule has 4 nitrogen and oxygen atoms in total. The molecule has 1 aliphatic rings. The van der Waals surface area contributed by atoms with Gasteiger partial charge < -0.3 is 9.15 Å². The zero-order chi connectivity index (χ0) is 23.5. The molecule has 0 amide bonds. The molecule has 1 aromatic heterocycles. The minimum atomic E-state index is -0.336. The molecule has 1 saturated heterocycles. The number of ether oxygens (including phenoxy) is 1. The zero-order valence-electron chi connectivity index (χ0n) is 19.4. The molecule has 0 saturated carbocycles. The van der Waals surface area contributed by atoms with Crippen molar-refractivity contribution in [1.29, 1.82) is 0 Å². The van der Waals surface area contributed by atoms with Crippen LogP contribution in [0.2, 0.25) is 5.02 Å². The number of hydrogen-bond acceptors (Lipinski definition) is 4. The summed E-state index contributed by atoms with van der Waals surface area (Å²) in [5.41, 5.74) is 4.77. The first kappa shape index (κ1) is 22.7. The lowest BCUT2D eigenvalue weighted by Gasteiger charge is -2.15. The van der Waals surface area contributed by atoms with Gasteiger partial charge in [0.05, 0.1) is 5.56 Å². The van der Waals surface area contributed by atoms with Crippen molar-refractivity contribution in [3.05, 3.63) is 98.9 Å². The van der Waals surface area contributed by atoms with E-state index in [0.717, 1.165) is 39.9 Å². The van der Waals surface area contributed by atoms with E-state index >= 15 is 0 Å². The Kier molecular flexibility index (Phi) is 6.70. The van der Waals surface area contributed by atoms with Crippen LogP contribution in [0.1, 0.15) is 29.5 Å². The number of fused-ring (bicyclic) bond motifs is 1. The molecule has 1 aliphatic heterocycles. The lowest BCUT2D eigenvalue weighted by Crippen LogP contribution is -2.25. The van der Waals surface area contributed by atoms with E-state index in [1.165, 1.54) is 25.9 Å². The molecule has 3 aromatic carbocycles. The van der Waals surface area contributed by atoms with E-state index in [1.54, 1.807) is 12.1 Å². The van der Waals surface area contributed by atoms with Crippen molar-refractivity contribution in [2.75, 3.05) is 26.2 Å². The maximum atomic E-state index is 13.1. The first-order valence-corrected chi connectivity index (χ1v) is 12.2. The third-order valence-electron chi connectivity index (χ3n) is 6.48. The summed E-state index contributed by atoms with van der Waals surface area (Å²) in [7, 11) is 0. The molecule has 0 atom stereocenters. The highest BCUT2D eigenvalue weighted by atomic mass is 35.5. The SMILES string of the molecule is Cc1ccc2c(Cc3ccc(OCCN4CCCC4)cc3)c(-c3ccc(Cl)cc3)c(=O)oc2c1. The van der Waals surface area contributed by atoms with E-state index < -0.39 is 0 Å². The first-order chi connectivity index (χ1) is 16.6. The predicted octanol–water partition coefficient (Wildman–Crippen LogP) is 6.49. The van der Waals surface area contributed by atoms with Crippen LogP contribution in [-0.4, -0.2) is 31.1 Å². The number of aryl methyl sites for hydroxylation is 1. The largest absolute Gasteiger partial charge is 0.492 e. The molecular formula is C29H28ClNO3. The molecule has 1 fully saturated rings. The molecule has 0 unspecified atom stereocenters. The minimum Gasteiger partial charge on any atom is -0.492 e. The van der Waals surface area contributed by atoms with Gasteiger partial charge in [0.1, 0.15) is 17.9 Å². The average molecular weight is 474 g/mol. The highest BCUT2D eigenvalue weighted by Gasteiger charge is 2.17. The summed E-state index contributed by atoms with van der Waals surface area (Å²) < 4.78 is 11.7. The van der Waals surface area contributed by atoms with Crippen molar-refractivity contribution in [3.63, 3.8) is 0 Å². The topological polar surface area (TPSA) is 42.7 Å². The Bertz CT molecular complexity index is 1340. The average Bonchev–Trinajstić information content (AvgIpc) is 3.34. The second kappa shape index (κ2) is 10.0. The molecule has 174 valence electrons. The van der Waals surface area contributed by atoms with Gasteiger partial charge in [-0.3, -0.25) is 4.90 Å². The predicted molar refractivity (Wildman–Crippen MR) is 138 cm³/mol. The Labute approximate surface area is 204 Å². The summed E-state index contributed by atoms with van der Waals surface area (Å²) in [4.78, 5) is 15.5. The fourth-order valence-corrected chi connectivity index (χ4v) is 4.80. The van der Waals surface area contributed by atoms with Gasteiger partial charge in [-0.05, 0) is 91.9 Å². The first-order valence-electron chi connectivity index (χ1n) is 11.8. The fraction of sp³-hybridized carbons (Fsp3) is 0.276. The maximum Gasteiger partial charge on any atom is 0.344 e. The molecule has 0 aliphatic carbocycles. The van der Waals surface area contributed by atoms with Crippen LogP contribution in [0.15, 0.2) is 75.9 Å². The Morgan fingerprint density at radius 2 is 1.71 bits per heavy atom. The van der Waals surface area contributed by atoms with Gasteiger partial charge >= 0.3 is 5.63 Å². The van der Waals surface area contributed by atoms with Crippen LogP contribution < -0.4 is 10.4 Å². The molecule has 5 rings (SSSR count). The second-order valence-corrected chi connectivity index (χ2v) is 9.40. The summed E-state index contributed by atoms with van der Waals surface area (Å²) >= 11 is 6.09. The van der Waals surface area contributed by atoms with Crippen LogP contribution in [0.5, 0.6) is 5.75 Å². The van der Waals surface area contributed by atoms with E-state index in [-0.39, 0.29) is 5.63 Å². The van der Waals surface area contributed by atoms with Crippen LogP contribution in [-0.2, 0) is 6.42 Å². The van der Waals surface area contributed by atoms with Crippen LogP contribution >= 0.6 is 11.6 Å². The van der Waals surface area contributed by atoms with Gasteiger partial charge in [0.25, 0.3) is 0 Å². The number of halogens is 1. The Hall–Kier alpha value is -3.08. The third-order valence-corrected chi connectivity index (χ3v) is 6.73. The molecule has 4 aromatic rings. The van der Waals surface area contributed by atoms with Gasteiger partial charge in [-0.1, -0.05) is 48.0 Å². The van der Waals surface area contributed by atoms with Gasteiger partial charge in [-0.2, -0.15) is 0 Å². The molecule has 0 bridgehead atoms. The van der Waals surface area contributed by atoms with Gasteiger partial charge in [-0.25, -0.2) is 4.79 Å². The van der Waals surface area contributed by atoms with Crippen LogP contribution in [0.4, 0.5) is 0 Å². The van der Waals surface area contributed by atoms with Crippen molar-refractivity contribution in [2.45, 2.75) is 26.2 Å². The number of nitrogens with zero attached hydrogens (tertiary/aromatic N) is 1. The zero-order valence-corrected chi connectivity index (χ0v) is 20.1. The fourth-order valence-electron chi connectivity index (χ4n) is 4.67. The number of rotatable bonds is 7. The lowest BCUT2D eigenvalue weighted by atomic mass is 9.93. The smallest absolute Gasteiger partial charge is 0.344 e. The van der Waals surface area contributed by atoms with Crippen molar-refractivity contribution in [3.8, 4) is 16.9 Å². The normalized spacial score (nSPS) is 14.1. The van der Waals surface area contributed by atoms with Crippen molar-refractivity contribution in [2.24, 2.45) is 0 Å². The van der Waals surface area contributed by atoms with Gasteiger partial charge in [0, 0.05) is 17.0 Å². The van der Waals surface area contributed by atoms with Crippen molar-refractivity contribution < 1.29 is 9.15 Å². The minimum absolute atomic E-state index is 0.336.